The summed E-state index contributed by atoms with van der Waals surface area (Å²) in [5.41, 5.74) is 0.896. The average Bonchev–Trinajstić information content (AvgIpc) is 3.09. The zero-order chi connectivity index (χ0) is 18.6. The number of hydrogen-bond donors (Lipinski definition) is 1. The molecular formula is C22H29N3O2. The number of aryl methyl sites for hydroxylation is 1. The van der Waals surface area contributed by atoms with Crippen molar-refractivity contribution in [1.29, 1.82) is 0 Å². The standard InChI is InChI=1S/C22H29N3O2/c1-14-4-5-23-19(7-14)24-20(26)18-3-2-6-25(18)21(27)22-11-15-8-16(12-22)10-17(9-15)13-22/h4-5,7,15-18H,2-3,6,8-13H2,1H3,(H,23,24,26). The Bertz CT molecular complexity index is 739. The molecule has 1 atom stereocenters. The van der Waals surface area contributed by atoms with Crippen molar-refractivity contribution in [2.75, 3.05) is 11.9 Å². The normalized spacial score (nSPS) is 36.9. The summed E-state index contributed by atoms with van der Waals surface area (Å²) in [5.74, 6) is 3.00. The van der Waals surface area contributed by atoms with Gasteiger partial charge in [0, 0.05) is 12.7 Å². The minimum absolute atomic E-state index is 0.0799. The number of likely N-dealkylation sites (tertiary alicyclic amines) is 1. The highest BCUT2D eigenvalue weighted by molar-refractivity contribution is 5.98. The monoisotopic (exact) mass is 367 g/mol. The number of nitrogens with one attached hydrogen (secondary N) is 1. The molecule has 1 aromatic heterocycles. The van der Waals surface area contributed by atoms with Crippen LogP contribution in [-0.4, -0.2) is 34.3 Å². The van der Waals surface area contributed by atoms with Crippen LogP contribution >= 0.6 is 0 Å². The van der Waals surface area contributed by atoms with Crippen molar-refractivity contribution < 1.29 is 9.59 Å². The SMILES string of the molecule is Cc1ccnc(NC(=O)C2CCCN2C(=O)C23CC4CC(CC(C4)C2)C3)c1. The average molecular weight is 367 g/mol. The fourth-order valence-electron chi connectivity index (χ4n) is 6.77. The molecule has 1 aliphatic heterocycles. The first-order valence-electron chi connectivity index (χ1n) is 10.6. The van der Waals surface area contributed by atoms with Crippen LogP contribution in [0.4, 0.5) is 5.82 Å². The number of pyridine rings is 1. The first-order valence-corrected chi connectivity index (χ1v) is 10.6. The van der Waals surface area contributed by atoms with E-state index < -0.39 is 0 Å². The number of anilines is 1. The van der Waals surface area contributed by atoms with Crippen LogP contribution in [0.1, 0.15) is 56.9 Å². The molecule has 6 rings (SSSR count). The molecule has 5 nitrogen and oxygen atoms in total. The van der Waals surface area contributed by atoms with E-state index in [0.717, 1.165) is 62.0 Å². The molecule has 2 amide bonds. The van der Waals surface area contributed by atoms with Gasteiger partial charge < -0.3 is 10.2 Å². The van der Waals surface area contributed by atoms with Crippen LogP contribution in [0.3, 0.4) is 0 Å². The third-order valence-electron chi connectivity index (χ3n) is 7.47. The molecule has 4 aliphatic carbocycles. The molecule has 4 bridgehead atoms. The number of hydrogen-bond acceptors (Lipinski definition) is 3. The van der Waals surface area contributed by atoms with Crippen LogP contribution in [0.5, 0.6) is 0 Å². The predicted molar refractivity (Wildman–Crippen MR) is 103 cm³/mol. The van der Waals surface area contributed by atoms with Gasteiger partial charge in [0.25, 0.3) is 0 Å². The molecule has 5 heteroatoms. The third-order valence-corrected chi connectivity index (χ3v) is 7.47. The number of carbonyl (C=O) groups excluding carboxylic acids is 2. The van der Waals surface area contributed by atoms with Gasteiger partial charge in [0.05, 0.1) is 5.41 Å². The Kier molecular flexibility index (Phi) is 4.03. The van der Waals surface area contributed by atoms with E-state index in [1.807, 2.05) is 24.0 Å². The van der Waals surface area contributed by atoms with Crippen molar-refractivity contribution in [2.45, 2.75) is 64.3 Å². The molecule has 144 valence electrons. The van der Waals surface area contributed by atoms with Crippen molar-refractivity contribution in [3.63, 3.8) is 0 Å². The molecule has 1 unspecified atom stereocenters. The molecule has 4 saturated carbocycles. The molecule has 0 spiro atoms. The highest BCUT2D eigenvalue weighted by atomic mass is 16.2. The summed E-state index contributed by atoms with van der Waals surface area (Å²) in [5, 5.41) is 2.94. The summed E-state index contributed by atoms with van der Waals surface area (Å²) in [7, 11) is 0. The fourth-order valence-corrected chi connectivity index (χ4v) is 6.77. The van der Waals surface area contributed by atoms with Gasteiger partial charge in [-0.15, -0.1) is 0 Å². The Morgan fingerprint density at radius 2 is 1.81 bits per heavy atom. The van der Waals surface area contributed by atoms with E-state index in [1.54, 1.807) is 6.20 Å². The van der Waals surface area contributed by atoms with Crippen molar-refractivity contribution in [1.82, 2.24) is 9.88 Å². The molecule has 27 heavy (non-hydrogen) atoms. The van der Waals surface area contributed by atoms with E-state index in [2.05, 4.69) is 10.3 Å². The minimum Gasteiger partial charge on any atom is -0.330 e. The molecule has 0 aromatic carbocycles. The van der Waals surface area contributed by atoms with E-state index in [9.17, 15) is 9.59 Å². The molecule has 1 aromatic rings. The van der Waals surface area contributed by atoms with Gasteiger partial charge in [-0.3, -0.25) is 9.59 Å². The highest BCUT2D eigenvalue weighted by Gasteiger charge is 2.56. The second kappa shape index (κ2) is 6.32. The molecule has 2 heterocycles. The van der Waals surface area contributed by atoms with Crippen LogP contribution in [0.15, 0.2) is 18.3 Å². The number of amides is 2. The van der Waals surface area contributed by atoms with Crippen molar-refractivity contribution in [3.8, 4) is 0 Å². The number of rotatable bonds is 3. The van der Waals surface area contributed by atoms with Crippen molar-refractivity contribution in [3.05, 3.63) is 23.9 Å². The van der Waals surface area contributed by atoms with Gasteiger partial charge in [-0.05, 0) is 93.7 Å². The van der Waals surface area contributed by atoms with Gasteiger partial charge >= 0.3 is 0 Å². The topological polar surface area (TPSA) is 62.3 Å². The van der Waals surface area contributed by atoms with Crippen molar-refractivity contribution in [2.24, 2.45) is 23.2 Å². The van der Waals surface area contributed by atoms with Crippen LogP contribution in [-0.2, 0) is 9.59 Å². The maximum Gasteiger partial charge on any atom is 0.248 e. The summed E-state index contributed by atoms with van der Waals surface area (Å²) in [6.07, 6.45) is 10.5. The van der Waals surface area contributed by atoms with Crippen LogP contribution in [0.2, 0.25) is 0 Å². The molecule has 1 saturated heterocycles. The first kappa shape index (κ1) is 17.2. The zero-order valence-electron chi connectivity index (χ0n) is 16.1. The fraction of sp³-hybridized carbons (Fsp3) is 0.682. The molecular weight excluding hydrogens is 338 g/mol. The Morgan fingerprint density at radius 3 is 2.44 bits per heavy atom. The molecule has 1 N–H and O–H groups in total. The van der Waals surface area contributed by atoms with Gasteiger partial charge in [0.1, 0.15) is 11.9 Å². The summed E-state index contributed by atoms with van der Waals surface area (Å²) in [6, 6.07) is 3.44. The number of nitrogens with zero attached hydrogens (tertiary/aromatic N) is 2. The second-order valence-electron chi connectivity index (χ2n) is 9.56. The van der Waals surface area contributed by atoms with Gasteiger partial charge in [0.2, 0.25) is 11.8 Å². The van der Waals surface area contributed by atoms with E-state index in [0.29, 0.717) is 5.82 Å². The van der Waals surface area contributed by atoms with Gasteiger partial charge in [-0.1, -0.05) is 0 Å². The Morgan fingerprint density at radius 1 is 1.15 bits per heavy atom. The number of aromatic nitrogens is 1. The summed E-state index contributed by atoms with van der Waals surface area (Å²) < 4.78 is 0. The maximum atomic E-state index is 13.7. The summed E-state index contributed by atoms with van der Waals surface area (Å²) in [4.78, 5) is 32.7. The second-order valence-corrected chi connectivity index (χ2v) is 9.56. The highest BCUT2D eigenvalue weighted by Crippen LogP contribution is 2.60. The van der Waals surface area contributed by atoms with Crippen LogP contribution in [0.25, 0.3) is 0 Å². The minimum atomic E-state index is -0.340. The lowest BCUT2D eigenvalue weighted by molar-refractivity contribution is -0.160. The summed E-state index contributed by atoms with van der Waals surface area (Å²) >= 11 is 0. The van der Waals surface area contributed by atoms with Crippen LogP contribution < -0.4 is 5.32 Å². The van der Waals surface area contributed by atoms with Crippen molar-refractivity contribution >= 4 is 17.6 Å². The molecule has 0 radical (unpaired) electrons. The van der Waals surface area contributed by atoms with Gasteiger partial charge in [0.15, 0.2) is 0 Å². The number of carbonyl (C=O) groups is 2. The van der Waals surface area contributed by atoms with Gasteiger partial charge in [-0.2, -0.15) is 0 Å². The Hall–Kier alpha value is -1.91. The molecule has 5 fully saturated rings. The van der Waals surface area contributed by atoms with E-state index >= 15 is 0 Å². The van der Waals surface area contributed by atoms with Gasteiger partial charge in [-0.25, -0.2) is 4.98 Å². The smallest absolute Gasteiger partial charge is 0.248 e. The largest absolute Gasteiger partial charge is 0.330 e. The Balaban J connectivity index is 1.33. The first-order chi connectivity index (χ1) is 13.0. The summed E-state index contributed by atoms with van der Waals surface area (Å²) in [6.45, 7) is 2.70. The van der Waals surface area contributed by atoms with E-state index in [-0.39, 0.29) is 23.3 Å². The lowest BCUT2D eigenvalue weighted by atomic mass is 9.49. The van der Waals surface area contributed by atoms with E-state index in [4.69, 9.17) is 0 Å². The lowest BCUT2D eigenvalue weighted by Gasteiger charge is -2.56. The quantitative estimate of drug-likeness (QED) is 0.889. The maximum absolute atomic E-state index is 13.7. The zero-order valence-corrected chi connectivity index (χ0v) is 16.1. The van der Waals surface area contributed by atoms with E-state index in [1.165, 1.54) is 19.3 Å². The van der Waals surface area contributed by atoms with Crippen LogP contribution in [0, 0.1) is 30.1 Å². The Labute approximate surface area is 160 Å². The lowest BCUT2D eigenvalue weighted by Crippen LogP contribution is -2.56. The third kappa shape index (κ3) is 2.95. The predicted octanol–water partition coefficient (Wildman–Crippen LogP) is 3.54. The molecule has 5 aliphatic rings.